The number of nitrogens with zero attached hydrogens (tertiary/aromatic N) is 5. The van der Waals surface area contributed by atoms with Gasteiger partial charge >= 0.3 is 0 Å². The van der Waals surface area contributed by atoms with Gasteiger partial charge in [-0.2, -0.15) is 4.80 Å². The van der Waals surface area contributed by atoms with Gasteiger partial charge in [-0.15, -0.1) is 10.2 Å². The quantitative estimate of drug-likeness (QED) is 0.724. The lowest BCUT2D eigenvalue weighted by atomic mass is 10.1. The molecule has 1 saturated heterocycles. The molecule has 1 fully saturated rings. The van der Waals surface area contributed by atoms with Crippen LogP contribution in [0.2, 0.25) is 5.02 Å². The average Bonchev–Trinajstić information content (AvgIpc) is 3.25. The molecule has 1 aliphatic heterocycles. The van der Waals surface area contributed by atoms with Crippen LogP contribution in [-0.2, 0) is 16.1 Å². The Balaban J connectivity index is 1.69. The molecule has 1 amide bonds. The summed E-state index contributed by atoms with van der Waals surface area (Å²) in [4.78, 5) is 15.6. The zero-order valence-corrected chi connectivity index (χ0v) is 15.7. The van der Waals surface area contributed by atoms with Crippen molar-refractivity contribution >= 4 is 23.6 Å². The third-order valence-corrected chi connectivity index (χ3v) is 4.49. The SMILES string of the molecule is Cc1nnn(Cc2cc(Cl)ccc2/C=C/C(=O)N(C)CC2CCCO2)n1. The van der Waals surface area contributed by atoms with Crippen molar-refractivity contribution in [3.05, 3.63) is 46.2 Å². The van der Waals surface area contributed by atoms with Crippen LogP contribution in [0.25, 0.3) is 6.08 Å². The number of aromatic nitrogens is 4. The van der Waals surface area contributed by atoms with Crippen LogP contribution in [0.1, 0.15) is 29.8 Å². The van der Waals surface area contributed by atoms with Crippen molar-refractivity contribution in [3.63, 3.8) is 0 Å². The van der Waals surface area contributed by atoms with Gasteiger partial charge < -0.3 is 9.64 Å². The predicted molar refractivity (Wildman–Crippen MR) is 98.8 cm³/mol. The van der Waals surface area contributed by atoms with Gasteiger partial charge in [0.05, 0.1) is 12.6 Å². The van der Waals surface area contributed by atoms with E-state index in [4.69, 9.17) is 16.3 Å². The maximum atomic E-state index is 12.4. The summed E-state index contributed by atoms with van der Waals surface area (Å²) >= 11 is 6.12. The van der Waals surface area contributed by atoms with Crippen LogP contribution in [0, 0.1) is 6.92 Å². The highest BCUT2D eigenvalue weighted by atomic mass is 35.5. The first kappa shape index (κ1) is 18.5. The standard InChI is InChI=1S/C18H22ClN5O2/c1-13-20-22-24(21-13)11-15-10-16(19)7-5-14(15)6-8-18(25)23(2)12-17-4-3-9-26-17/h5-8,10,17H,3-4,9,11-12H2,1-2H3/b8-6+. The van der Waals surface area contributed by atoms with E-state index in [-0.39, 0.29) is 12.0 Å². The van der Waals surface area contributed by atoms with Crippen LogP contribution < -0.4 is 0 Å². The number of hydrogen-bond donors (Lipinski definition) is 0. The van der Waals surface area contributed by atoms with Crippen molar-refractivity contribution in [2.24, 2.45) is 0 Å². The molecule has 1 atom stereocenters. The molecule has 0 aliphatic carbocycles. The smallest absolute Gasteiger partial charge is 0.246 e. The Hall–Kier alpha value is -2.25. The third kappa shape index (κ3) is 4.89. The topological polar surface area (TPSA) is 73.1 Å². The van der Waals surface area contributed by atoms with E-state index < -0.39 is 0 Å². The van der Waals surface area contributed by atoms with E-state index in [0.29, 0.717) is 23.9 Å². The Kier molecular flexibility index (Phi) is 6.00. The molecule has 1 unspecified atom stereocenters. The van der Waals surface area contributed by atoms with E-state index in [1.54, 1.807) is 37.1 Å². The molecule has 8 heteroatoms. The van der Waals surface area contributed by atoms with Crippen LogP contribution in [0.4, 0.5) is 0 Å². The number of carbonyl (C=O) groups excluding carboxylic acids is 1. The first-order chi connectivity index (χ1) is 12.5. The zero-order valence-electron chi connectivity index (χ0n) is 14.9. The van der Waals surface area contributed by atoms with Crippen LogP contribution in [0.5, 0.6) is 0 Å². The van der Waals surface area contributed by atoms with Gasteiger partial charge in [-0.05, 0) is 54.3 Å². The number of benzene rings is 1. The van der Waals surface area contributed by atoms with Gasteiger partial charge in [-0.3, -0.25) is 4.79 Å². The van der Waals surface area contributed by atoms with Crippen molar-refractivity contribution in [2.45, 2.75) is 32.4 Å². The van der Waals surface area contributed by atoms with Gasteiger partial charge in [-0.1, -0.05) is 17.7 Å². The Labute approximate surface area is 157 Å². The second-order valence-corrected chi connectivity index (χ2v) is 6.83. The maximum Gasteiger partial charge on any atom is 0.246 e. The largest absolute Gasteiger partial charge is 0.376 e. The number of carbonyl (C=O) groups is 1. The molecule has 7 nitrogen and oxygen atoms in total. The van der Waals surface area contributed by atoms with Gasteiger partial charge in [0.15, 0.2) is 5.82 Å². The Morgan fingerprint density at radius 1 is 1.50 bits per heavy atom. The van der Waals surface area contributed by atoms with E-state index in [1.165, 1.54) is 4.80 Å². The van der Waals surface area contributed by atoms with Crippen molar-refractivity contribution in [2.75, 3.05) is 20.2 Å². The maximum absolute atomic E-state index is 12.4. The molecule has 138 valence electrons. The molecule has 2 heterocycles. The van der Waals surface area contributed by atoms with Gasteiger partial charge in [0.25, 0.3) is 0 Å². The lowest BCUT2D eigenvalue weighted by molar-refractivity contribution is -0.126. The minimum absolute atomic E-state index is 0.0591. The van der Waals surface area contributed by atoms with Crippen molar-refractivity contribution < 1.29 is 9.53 Å². The number of rotatable bonds is 6. The fourth-order valence-corrected chi connectivity index (χ4v) is 3.08. The van der Waals surface area contributed by atoms with Crippen LogP contribution >= 0.6 is 11.6 Å². The average molecular weight is 376 g/mol. The van der Waals surface area contributed by atoms with Gasteiger partial charge in [0, 0.05) is 31.3 Å². The molecule has 0 spiro atoms. The molecule has 3 rings (SSSR count). The fraction of sp³-hybridized carbons (Fsp3) is 0.444. The first-order valence-electron chi connectivity index (χ1n) is 8.59. The summed E-state index contributed by atoms with van der Waals surface area (Å²) in [7, 11) is 1.79. The minimum Gasteiger partial charge on any atom is -0.376 e. The van der Waals surface area contributed by atoms with Crippen LogP contribution in [0.3, 0.4) is 0 Å². The Morgan fingerprint density at radius 3 is 3.04 bits per heavy atom. The summed E-state index contributed by atoms with van der Waals surface area (Å²) in [6.45, 7) is 3.61. The van der Waals surface area contributed by atoms with E-state index in [9.17, 15) is 4.79 Å². The van der Waals surface area contributed by atoms with Crippen molar-refractivity contribution in [3.8, 4) is 0 Å². The number of hydrogen-bond acceptors (Lipinski definition) is 5. The highest BCUT2D eigenvalue weighted by Crippen LogP contribution is 2.19. The summed E-state index contributed by atoms with van der Waals surface area (Å²) < 4.78 is 5.58. The van der Waals surface area contributed by atoms with Gasteiger partial charge in [0.2, 0.25) is 5.91 Å². The zero-order chi connectivity index (χ0) is 18.5. The highest BCUT2D eigenvalue weighted by molar-refractivity contribution is 6.30. The lowest BCUT2D eigenvalue weighted by Gasteiger charge is -2.19. The van der Waals surface area contributed by atoms with E-state index in [1.807, 2.05) is 12.1 Å². The second-order valence-electron chi connectivity index (χ2n) is 6.40. The lowest BCUT2D eigenvalue weighted by Crippen LogP contribution is -2.32. The molecule has 0 N–H and O–H groups in total. The number of tetrazole rings is 1. The monoisotopic (exact) mass is 375 g/mol. The molecule has 2 aromatic rings. The number of likely N-dealkylation sites (N-methyl/N-ethyl adjacent to an activating group) is 1. The normalized spacial score (nSPS) is 17.1. The molecule has 0 radical (unpaired) electrons. The summed E-state index contributed by atoms with van der Waals surface area (Å²) in [6, 6.07) is 5.52. The summed E-state index contributed by atoms with van der Waals surface area (Å²) in [5.74, 6) is 0.547. The third-order valence-electron chi connectivity index (χ3n) is 4.25. The van der Waals surface area contributed by atoms with Crippen LogP contribution in [0.15, 0.2) is 24.3 Å². The molecule has 1 aromatic carbocycles. The molecule has 26 heavy (non-hydrogen) atoms. The van der Waals surface area contributed by atoms with E-state index in [2.05, 4.69) is 15.4 Å². The van der Waals surface area contributed by atoms with Gasteiger partial charge in [-0.25, -0.2) is 0 Å². The van der Waals surface area contributed by atoms with Gasteiger partial charge in [0.1, 0.15) is 0 Å². The fourth-order valence-electron chi connectivity index (χ4n) is 2.89. The first-order valence-corrected chi connectivity index (χ1v) is 8.96. The second kappa shape index (κ2) is 8.42. The van der Waals surface area contributed by atoms with Crippen molar-refractivity contribution in [1.29, 1.82) is 0 Å². The molecular formula is C18H22ClN5O2. The molecular weight excluding hydrogens is 354 g/mol. The van der Waals surface area contributed by atoms with E-state index in [0.717, 1.165) is 30.6 Å². The van der Waals surface area contributed by atoms with E-state index >= 15 is 0 Å². The summed E-state index contributed by atoms with van der Waals surface area (Å²) in [5.41, 5.74) is 1.81. The van der Waals surface area contributed by atoms with Crippen LogP contribution in [-0.4, -0.2) is 57.3 Å². The number of ether oxygens (including phenoxy) is 1. The minimum atomic E-state index is -0.0591. The predicted octanol–water partition coefficient (Wildman–Crippen LogP) is 2.33. The molecule has 0 bridgehead atoms. The summed E-state index contributed by atoms with van der Waals surface area (Å²) in [6.07, 6.45) is 5.58. The van der Waals surface area contributed by atoms with Crippen molar-refractivity contribution in [1.82, 2.24) is 25.1 Å². The molecule has 0 saturated carbocycles. The molecule has 1 aliphatic rings. The summed E-state index contributed by atoms with van der Waals surface area (Å²) in [5, 5.41) is 12.7. The number of halogens is 1. The number of aryl methyl sites for hydroxylation is 1. The molecule has 1 aromatic heterocycles. The number of amides is 1. The Morgan fingerprint density at radius 2 is 2.35 bits per heavy atom. The highest BCUT2D eigenvalue weighted by Gasteiger charge is 2.19. The Bertz CT molecular complexity index is 799.